The second kappa shape index (κ2) is 11.1. The topological polar surface area (TPSA) is 94.1 Å². The van der Waals surface area contributed by atoms with E-state index in [0.717, 1.165) is 5.69 Å². The number of pyridine rings is 1. The Morgan fingerprint density at radius 1 is 1.08 bits per heavy atom. The number of carboxylic acid groups (broad SMARTS) is 1. The molecule has 0 spiro atoms. The molecule has 2 aromatic heterocycles. The van der Waals surface area contributed by atoms with Crippen molar-refractivity contribution in [3.05, 3.63) is 94.3 Å². The number of anilines is 2. The lowest BCUT2D eigenvalue weighted by molar-refractivity contribution is -0.152. The lowest BCUT2D eigenvalue weighted by atomic mass is 9.74. The second-order valence-electron chi connectivity index (χ2n) is 9.99. The Morgan fingerprint density at radius 3 is 2.49 bits per heavy atom. The first-order chi connectivity index (χ1) is 18.7. The number of aryl methyl sites for hydroxylation is 1. The number of nitrogens with one attached hydrogen (secondary N) is 2. The van der Waals surface area contributed by atoms with Crippen LogP contribution in [-0.4, -0.2) is 44.2 Å². The molecule has 1 fully saturated rings. The lowest BCUT2D eigenvalue weighted by Crippen LogP contribution is -2.45. The van der Waals surface area contributed by atoms with E-state index in [1.807, 2.05) is 30.0 Å². The first kappa shape index (κ1) is 26.8. The molecular weight excluding hydrogens is 524 g/mol. The quantitative estimate of drug-likeness (QED) is 0.236. The number of aromatic nitrogens is 3. The molecule has 2 aromatic carbocycles. The fourth-order valence-corrected chi connectivity index (χ4v) is 5.24. The molecular formula is C29H28ClF2N5O2. The number of carboxylic acids is 1. The number of carbonyl (C=O) groups is 1. The third-order valence-corrected chi connectivity index (χ3v) is 7.56. The number of rotatable bonds is 8. The molecule has 10 heteroatoms. The molecule has 1 aliphatic heterocycles. The number of aromatic amines is 1. The monoisotopic (exact) mass is 551 g/mol. The average Bonchev–Trinajstić information content (AvgIpc) is 3.34. The summed E-state index contributed by atoms with van der Waals surface area (Å²) in [6.45, 7) is 3.00. The molecule has 39 heavy (non-hydrogen) atoms. The number of benzene rings is 2. The summed E-state index contributed by atoms with van der Waals surface area (Å²) in [5.74, 6) is -1.13. The van der Waals surface area contributed by atoms with Gasteiger partial charge in [-0.2, -0.15) is 5.10 Å². The van der Waals surface area contributed by atoms with Gasteiger partial charge in [0.2, 0.25) is 0 Å². The van der Waals surface area contributed by atoms with Crippen LogP contribution >= 0.6 is 11.6 Å². The van der Waals surface area contributed by atoms with Crippen LogP contribution in [0.2, 0.25) is 5.02 Å². The molecule has 3 heterocycles. The lowest BCUT2D eigenvalue weighted by Gasteiger charge is -2.39. The minimum atomic E-state index is -1.22. The maximum absolute atomic E-state index is 15.9. The maximum Gasteiger partial charge on any atom is 0.310 e. The molecule has 0 bridgehead atoms. The van der Waals surface area contributed by atoms with Crippen molar-refractivity contribution in [3.8, 4) is 11.1 Å². The molecule has 1 saturated heterocycles. The number of H-pyrrole nitrogens is 1. The Balaban J connectivity index is 1.43. The fraction of sp³-hybridized carbons (Fsp3) is 0.276. The van der Waals surface area contributed by atoms with Crippen LogP contribution in [0.5, 0.6) is 0 Å². The number of halogens is 3. The highest BCUT2D eigenvalue weighted by Gasteiger charge is 2.43. The van der Waals surface area contributed by atoms with Crippen molar-refractivity contribution in [2.75, 3.05) is 18.4 Å². The van der Waals surface area contributed by atoms with Gasteiger partial charge in [-0.1, -0.05) is 54.1 Å². The van der Waals surface area contributed by atoms with Crippen LogP contribution in [0.1, 0.15) is 29.8 Å². The van der Waals surface area contributed by atoms with Crippen LogP contribution in [0, 0.1) is 24.0 Å². The first-order valence-corrected chi connectivity index (χ1v) is 13.0. The van der Waals surface area contributed by atoms with Gasteiger partial charge in [-0.25, -0.2) is 13.8 Å². The van der Waals surface area contributed by atoms with Crippen molar-refractivity contribution in [1.82, 2.24) is 20.1 Å². The molecule has 5 rings (SSSR count). The molecule has 4 aromatic rings. The molecule has 1 aliphatic rings. The standard InChI is InChI=1S/C29H28ClF2N5O2/c1-18-14-25(36-35-18)34-24-15-21(19-6-3-2-4-7-19)27(32)23(33-24)16-29(28(38)39)10-12-37(13-11-29)17-20-8-5-9-22(30)26(20)31/h2-9,14-15H,10-13,16-17H2,1H3,(H,38,39)(H2,33,34,35,36). The van der Waals surface area contributed by atoms with E-state index < -0.39 is 23.0 Å². The molecule has 0 atom stereocenters. The van der Waals surface area contributed by atoms with Crippen LogP contribution < -0.4 is 5.32 Å². The van der Waals surface area contributed by atoms with Crippen molar-refractivity contribution < 1.29 is 18.7 Å². The van der Waals surface area contributed by atoms with Crippen molar-refractivity contribution >= 4 is 29.2 Å². The highest BCUT2D eigenvalue weighted by Crippen LogP contribution is 2.38. The van der Waals surface area contributed by atoms with E-state index in [4.69, 9.17) is 11.6 Å². The normalized spacial score (nSPS) is 15.3. The average molecular weight is 552 g/mol. The summed E-state index contributed by atoms with van der Waals surface area (Å²) in [7, 11) is 0. The molecule has 0 amide bonds. The van der Waals surface area contributed by atoms with E-state index in [9.17, 15) is 14.3 Å². The largest absolute Gasteiger partial charge is 0.481 e. The van der Waals surface area contributed by atoms with Gasteiger partial charge in [0, 0.05) is 35.9 Å². The Morgan fingerprint density at radius 2 is 1.82 bits per heavy atom. The van der Waals surface area contributed by atoms with Gasteiger partial charge < -0.3 is 10.4 Å². The highest BCUT2D eigenvalue weighted by molar-refractivity contribution is 6.30. The van der Waals surface area contributed by atoms with Crippen molar-refractivity contribution in [3.63, 3.8) is 0 Å². The summed E-state index contributed by atoms with van der Waals surface area (Å²) in [5.41, 5.74) is 1.14. The van der Waals surface area contributed by atoms with E-state index in [0.29, 0.717) is 48.0 Å². The summed E-state index contributed by atoms with van der Waals surface area (Å²) in [6.07, 6.45) is 0.452. The summed E-state index contributed by atoms with van der Waals surface area (Å²) in [6, 6.07) is 17.3. The van der Waals surface area contributed by atoms with Gasteiger partial charge in [-0.3, -0.25) is 14.8 Å². The van der Waals surface area contributed by atoms with Gasteiger partial charge in [-0.15, -0.1) is 0 Å². The van der Waals surface area contributed by atoms with E-state index >= 15 is 4.39 Å². The smallest absolute Gasteiger partial charge is 0.310 e. The molecule has 7 nitrogen and oxygen atoms in total. The number of likely N-dealkylation sites (tertiary alicyclic amines) is 1. The van der Waals surface area contributed by atoms with Gasteiger partial charge in [0.15, 0.2) is 11.6 Å². The zero-order chi connectivity index (χ0) is 27.6. The maximum atomic E-state index is 15.9. The molecule has 0 unspecified atom stereocenters. The van der Waals surface area contributed by atoms with Crippen LogP contribution in [0.4, 0.5) is 20.4 Å². The second-order valence-corrected chi connectivity index (χ2v) is 10.4. The number of nitrogens with zero attached hydrogens (tertiary/aromatic N) is 3. The van der Waals surface area contributed by atoms with E-state index in [2.05, 4.69) is 20.5 Å². The van der Waals surface area contributed by atoms with Crippen molar-refractivity contribution in [2.24, 2.45) is 5.41 Å². The summed E-state index contributed by atoms with van der Waals surface area (Å²) in [4.78, 5) is 19.1. The van der Waals surface area contributed by atoms with E-state index in [1.54, 1.807) is 36.4 Å². The number of hydrogen-bond donors (Lipinski definition) is 3. The summed E-state index contributed by atoms with van der Waals surface area (Å²) in [5, 5.41) is 20.5. The summed E-state index contributed by atoms with van der Waals surface area (Å²) < 4.78 is 30.4. The Labute approximate surface area is 229 Å². The molecule has 3 N–H and O–H groups in total. The van der Waals surface area contributed by atoms with Gasteiger partial charge in [-0.05, 0) is 50.6 Å². The Kier molecular flexibility index (Phi) is 7.63. The minimum absolute atomic E-state index is 0.0543. The van der Waals surface area contributed by atoms with Gasteiger partial charge in [0.1, 0.15) is 11.6 Å². The predicted molar refractivity (Wildman–Crippen MR) is 146 cm³/mol. The van der Waals surface area contributed by atoms with Crippen molar-refractivity contribution in [2.45, 2.75) is 32.7 Å². The van der Waals surface area contributed by atoms with Crippen LogP contribution in [0.25, 0.3) is 11.1 Å². The molecule has 202 valence electrons. The van der Waals surface area contributed by atoms with Crippen LogP contribution in [-0.2, 0) is 17.8 Å². The van der Waals surface area contributed by atoms with E-state index in [1.165, 1.54) is 6.07 Å². The predicted octanol–water partition coefficient (Wildman–Crippen LogP) is 6.36. The first-order valence-electron chi connectivity index (χ1n) is 12.7. The highest BCUT2D eigenvalue weighted by atomic mass is 35.5. The number of hydrogen-bond acceptors (Lipinski definition) is 5. The van der Waals surface area contributed by atoms with Crippen LogP contribution in [0.15, 0.2) is 60.7 Å². The van der Waals surface area contributed by atoms with Gasteiger partial charge in [0.05, 0.1) is 16.1 Å². The molecule has 0 radical (unpaired) electrons. The summed E-state index contributed by atoms with van der Waals surface area (Å²) >= 11 is 5.92. The van der Waals surface area contributed by atoms with Gasteiger partial charge >= 0.3 is 5.97 Å². The zero-order valence-corrected chi connectivity index (χ0v) is 22.1. The van der Waals surface area contributed by atoms with E-state index in [-0.39, 0.29) is 30.0 Å². The Bertz CT molecular complexity index is 1490. The number of piperidine rings is 1. The molecule has 0 aliphatic carbocycles. The third kappa shape index (κ3) is 5.79. The van der Waals surface area contributed by atoms with Crippen LogP contribution in [0.3, 0.4) is 0 Å². The SMILES string of the molecule is Cc1cc(Nc2cc(-c3ccccc3)c(F)c(CC3(C(=O)O)CCN(Cc4cccc(Cl)c4F)CC3)n2)n[nH]1. The van der Waals surface area contributed by atoms with Crippen molar-refractivity contribution in [1.29, 1.82) is 0 Å². The zero-order valence-electron chi connectivity index (χ0n) is 21.3. The third-order valence-electron chi connectivity index (χ3n) is 7.27. The minimum Gasteiger partial charge on any atom is -0.481 e. The number of aliphatic carboxylic acids is 1. The Hall–Kier alpha value is -3.82. The fourth-order valence-electron chi connectivity index (χ4n) is 5.04. The molecule has 0 saturated carbocycles. The van der Waals surface area contributed by atoms with Gasteiger partial charge in [0.25, 0.3) is 0 Å².